The van der Waals surface area contributed by atoms with Crippen LogP contribution in [0, 0.1) is 0 Å². The fourth-order valence-electron chi connectivity index (χ4n) is 3.47. The SMILES string of the molecule is COCCN1C=C(C(=O)OC)C(c2ccc(OCc3ccccc3)cc2)C(C(=O)OC)=C1. The molecule has 0 saturated carbocycles. The molecule has 2 aromatic carbocycles. The highest BCUT2D eigenvalue weighted by Gasteiger charge is 2.35. The van der Waals surface area contributed by atoms with E-state index in [1.807, 2.05) is 54.6 Å². The van der Waals surface area contributed by atoms with Crippen molar-refractivity contribution < 1.29 is 28.5 Å². The second-order valence-corrected chi connectivity index (χ2v) is 7.16. The fourth-order valence-corrected chi connectivity index (χ4v) is 3.47. The Morgan fingerprint density at radius 1 is 0.844 bits per heavy atom. The number of benzene rings is 2. The van der Waals surface area contributed by atoms with Gasteiger partial charge in [0.25, 0.3) is 0 Å². The Hall–Kier alpha value is -3.58. The van der Waals surface area contributed by atoms with E-state index in [2.05, 4.69) is 0 Å². The van der Waals surface area contributed by atoms with E-state index in [9.17, 15) is 9.59 Å². The Morgan fingerprint density at radius 2 is 1.44 bits per heavy atom. The van der Waals surface area contributed by atoms with Crippen LogP contribution < -0.4 is 4.74 Å². The molecule has 2 aromatic rings. The predicted molar refractivity (Wildman–Crippen MR) is 119 cm³/mol. The smallest absolute Gasteiger partial charge is 0.336 e. The Kier molecular flexibility index (Phi) is 8.05. The molecule has 0 radical (unpaired) electrons. The van der Waals surface area contributed by atoms with E-state index < -0.39 is 17.9 Å². The fraction of sp³-hybridized carbons (Fsp3) is 0.280. The highest BCUT2D eigenvalue weighted by molar-refractivity contribution is 5.98. The molecule has 1 aliphatic heterocycles. The number of hydrogen-bond donors (Lipinski definition) is 0. The van der Waals surface area contributed by atoms with Gasteiger partial charge in [-0.15, -0.1) is 0 Å². The zero-order valence-electron chi connectivity index (χ0n) is 18.4. The molecule has 0 bridgehead atoms. The van der Waals surface area contributed by atoms with Crippen molar-refractivity contribution in [3.8, 4) is 5.75 Å². The molecule has 0 amide bonds. The molecule has 1 heterocycles. The third-order valence-electron chi connectivity index (χ3n) is 5.09. The number of carbonyl (C=O) groups excluding carboxylic acids is 2. The van der Waals surface area contributed by atoms with Crippen LogP contribution in [0.2, 0.25) is 0 Å². The number of hydrogen-bond acceptors (Lipinski definition) is 7. The molecule has 0 spiro atoms. The second-order valence-electron chi connectivity index (χ2n) is 7.16. The van der Waals surface area contributed by atoms with Crippen LogP contribution in [0.1, 0.15) is 17.0 Å². The van der Waals surface area contributed by atoms with E-state index in [0.29, 0.717) is 36.7 Å². The van der Waals surface area contributed by atoms with Crippen LogP contribution in [-0.4, -0.2) is 51.3 Å². The van der Waals surface area contributed by atoms with Crippen LogP contribution in [0.25, 0.3) is 0 Å². The van der Waals surface area contributed by atoms with E-state index in [4.69, 9.17) is 18.9 Å². The Labute approximate surface area is 187 Å². The van der Waals surface area contributed by atoms with Gasteiger partial charge in [0, 0.05) is 26.1 Å². The Bertz CT molecular complexity index is 947. The summed E-state index contributed by atoms with van der Waals surface area (Å²) < 4.78 is 21.0. The van der Waals surface area contributed by atoms with Gasteiger partial charge < -0.3 is 23.8 Å². The molecule has 7 nitrogen and oxygen atoms in total. The molecule has 3 rings (SSSR count). The summed E-state index contributed by atoms with van der Waals surface area (Å²) in [5, 5.41) is 0. The van der Waals surface area contributed by atoms with Crippen molar-refractivity contribution in [2.75, 3.05) is 34.5 Å². The average Bonchev–Trinajstić information content (AvgIpc) is 2.85. The van der Waals surface area contributed by atoms with Crippen molar-refractivity contribution in [3.05, 3.63) is 89.3 Å². The normalized spacial score (nSPS) is 13.8. The zero-order chi connectivity index (χ0) is 22.9. The first-order chi connectivity index (χ1) is 15.6. The molecular formula is C25H27NO6. The molecule has 0 fully saturated rings. The van der Waals surface area contributed by atoms with Crippen LogP contribution in [0.4, 0.5) is 0 Å². The Balaban J connectivity index is 1.88. The summed E-state index contributed by atoms with van der Waals surface area (Å²) in [5.74, 6) is -0.980. The third kappa shape index (κ3) is 5.56. The van der Waals surface area contributed by atoms with E-state index in [0.717, 1.165) is 11.1 Å². The summed E-state index contributed by atoms with van der Waals surface area (Å²) in [5.41, 5.74) is 2.48. The number of esters is 2. The van der Waals surface area contributed by atoms with E-state index >= 15 is 0 Å². The van der Waals surface area contributed by atoms with Gasteiger partial charge in [-0.2, -0.15) is 0 Å². The summed E-state index contributed by atoms with van der Waals surface area (Å²) in [6.07, 6.45) is 3.36. The number of carbonyl (C=O) groups is 2. The van der Waals surface area contributed by atoms with Gasteiger partial charge in [-0.1, -0.05) is 42.5 Å². The van der Waals surface area contributed by atoms with Gasteiger partial charge in [-0.3, -0.25) is 0 Å². The highest BCUT2D eigenvalue weighted by atomic mass is 16.5. The first-order valence-corrected chi connectivity index (χ1v) is 10.2. The molecule has 1 aliphatic rings. The quantitative estimate of drug-likeness (QED) is 0.557. The summed E-state index contributed by atoms with van der Waals surface area (Å²) in [7, 11) is 4.22. The molecule has 0 unspecified atom stereocenters. The molecule has 0 aromatic heterocycles. The largest absolute Gasteiger partial charge is 0.489 e. The minimum Gasteiger partial charge on any atom is -0.489 e. The van der Waals surface area contributed by atoms with Crippen molar-refractivity contribution in [1.29, 1.82) is 0 Å². The lowest BCUT2D eigenvalue weighted by atomic mass is 9.83. The van der Waals surface area contributed by atoms with Crippen LogP contribution >= 0.6 is 0 Å². The first kappa shape index (κ1) is 23.1. The molecule has 168 valence electrons. The second kappa shape index (κ2) is 11.2. The lowest BCUT2D eigenvalue weighted by Crippen LogP contribution is -2.30. The van der Waals surface area contributed by atoms with Crippen LogP contribution in [0.15, 0.2) is 78.1 Å². The van der Waals surface area contributed by atoms with E-state index in [-0.39, 0.29) is 0 Å². The monoisotopic (exact) mass is 437 g/mol. The van der Waals surface area contributed by atoms with Gasteiger partial charge in [0.15, 0.2) is 0 Å². The lowest BCUT2D eigenvalue weighted by molar-refractivity contribution is -0.137. The summed E-state index contributed by atoms with van der Waals surface area (Å²) in [6.45, 7) is 1.34. The number of rotatable bonds is 9. The maximum atomic E-state index is 12.6. The number of methoxy groups -OCH3 is 3. The van der Waals surface area contributed by atoms with Gasteiger partial charge in [-0.05, 0) is 23.3 Å². The first-order valence-electron chi connectivity index (χ1n) is 10.2. The predicted octanol–water partition coefficient (Wildman–Crippen LogP) is 3.43. The molecule has 0 N–H and O–H groups in total. The minimum atomic E-state index is -0.628. The van der Waals surface area contributed by atoms with Crippen LogP contribution in [-0.2, 0) is 30.4 Å². The topological polar surface area (TPSA) is 74.3 Å². The zero-order valence-corrected chi connectivity index (χ0v) is 18.4. The molecule has 32 heavy (non-hydrogen) atoms. The van der Waals surface area contributed by atoms with Gasteiger partial charge in [0.2, 0.25) is 0 Å². The van der Waals surface area contributed by atoms with Crippen molar-refractivity contribution in [2.45, 2.75) is 12.5 Å². The van der Waals surface area contributed by atoms with Crippen molar-refractivity contribution in [2.24, 2.45) is 0 Å². The number of nitrogens with zero attached hydrogens (tertiary/aromatic N) is 1. The Morgan fingerprint density at radius 3 is 1.97 bits per heavy atom. The summed E-state index contributed by atoms with van der Waals surface area (Å²) >= 11 is 0. The molecule has 0 aliphatic carbocycles. The van der Waals surface area contributed by atoms with Crippen molar-refractivity contribution >= 4 is 11.9 Å². The maximum Gasteiger partial charge on any atom is 0.336 e. The third-order valence-corrected chi connectivity index (χ3v) is 5.09. The van der Waals surface area contributed by atoms with Crippen molar-refractivity contribution in [3.63, 3.8) is 0 Å². The molecule has 7 heteroatoms. The molecular weight excluding hydrogens is 410 g/mol. The van der Waals surface area contributed by atoms with E-state index in [1.54, 1.807) is 24.4 Å². The minimum absolute atomic E-state index is 0.337. The standard InChI is InChI=1S/C25H27NO6/c1-29-14-13-26-15-21(24(27)30-2)23(22(16-26)25(28)31-3)19-9-11-20(12-10-19)32-17-18-7-5-4-6-8-18/h4-12,15-16,23H,13-14,17H2,1-3H3. The lowest BCUT2D eigenvalue weighted by Gasteiger charge is -2.30. The van der Waals surface area contributed by atoms with Crippen LogP contribution in [0.5, 0.6) is 5.75 Å². The maximum absolute atomic E-state index is 12.6. The van der Waals surface area contributed by atoms with Crippen molar-refractivity contribution in [1.82, 2.24) is 4.90 Å². The van der Waals surface area contributed by atoms with Gasteiger partial charge in [0.1, 0.15) is 12.4 Å². The summed E-state index contributed by atoms with van der Waals surface area (Å²) in [4.78, 5) is 26.9. The van der Waals surface area contributed by atoms with Gasteiger partial charge in [-0.25, -0.2) is 9.59 Å². The number of ether oxygens (including phenoxy) is 4. The van der Waals surface area contributed by atoms with Gasteiger partial charge in [0.05, 0.1) is 37.9 Å². The van der Waals surface area contributed by atoms with Crippen LogP contribution in [0.3, 0.4) is 0 Å². The van der Waals surface area contributed by atoms with Gasteiger partial charge >= 0.3 is 11.9 Å². The highest BCUT2D eigenvalue weighted by Crippen LogP contribution is 2.37. The molecule has 0 saturated heterocycles. The van der Waals surface area contributed by atoms with E-state index in [1.165, 1.54) is 14.2 Å². The molecule has 0 atom stereocenters. The summed E-state index contributed by atoms with van der Waals surface area (Å²) in [6, 6.07) is 17.2. The average molecular weight is 437 g/mol.